The molecule has 0 fully saturated rings. The fourth-order valence-corrected chi connectivity index (χ4v) is 4.21. The lowest BCUT2D eigenvalue weighted by atomic mass is 9.79. The summed E-state index contributed by atoms with van der Waals surface area (Å²) in [5.41, 5.74) is 0.112. The number of halogens is 4. The first kappa shape index (κ1) is 24.7. The average Bonchev–Trinajstić information content (AvgIpc) is 2.86. The van der Waals surface area contributed by atoms with Crippen LogP contribution in [0.5, 0.6) is 5.88 Å². The number of nitriles is 1. The first-order valence-corrected chi connectivity index (χ1v) is 10.6. The Balaban J connectivity index is 1.85. The second-order valence-electron chi connectivity index (χ2n) is 7.99. The number of nitrogens with one attached hydrogen (secondary N) is 1. The van der Waals surface area contributed by atoms with Gasteiger partial charge in [-0.2, -0.15) is 18.4 Å². The van der Waals surface area contributed by atoms with E-state index in [2.05, 4.69) is 10.3 Å². The second-order valence-corrected chi connectivity index (χ2v) is 7.99. The van der Waals surface area contributed by atoms with E-state index in [4.69, 9.17) is 10.00 Å². The molecule has 1 aromatic heterocycles. The highest BCUT2D eigenvalue weighted by atomic mass is 19.4. The molecule has 2 amide bonds. The summed E-state index contributed by atoms with van der Waals surface area (Å²) in [6, 6.07) is 12.4. The summed E-state index contributed by atoms with van der Waals surface area (Å²) in [6.07, 6.45) is -3.50. The predicted octanol–water partition coefficient (Wildman–Crippen LogP) is 4.58. The SMILES string of the molecule is COc1ccc(C2C(C(=O)Nc3ccc(F)c(C#N)c3)c3ccccc3C(=O)N2CC(F)(F)F)cn1. The number of hydrogen-bond acceptors (Lipinski definition) is 5. The van der Waals surface area contributed by atoms with Crippen molar-refractivity contribution in [3.63, 3.8) is 0 Å². The number of fused-ring (bicyclic) bond motifs is 1. The molecule has 4 rings (SSSR count). The van der Waals surface area contributed by atoms with Gasteiger partial charge in [0.2, 0.25) is 11.8 Å². The molecule has 3 aromatic rings. The van der Waals surface area contributed by atoms with Gasteiger partial charge in [0.05, 0.1) is 24.6 Å². The number of rotatable bonds is 5. The Morgan fingerprint density at radius 3 is 2.58 bits per heavy atom. The van der Waals surface area contributed by atoms with Crippen LogP contribution in [0, 0.1) is 17.1 Å². The van der Waals surface area contributed by atoms with Gasteiger partial charge in [0.25, 0.3) is 5.91 Å². The zero-order chi connectivity index (χ0) is 26.0. The van der Waals surface area contributed by atoms with Crippen LogP contribution < -0.4 is 10.1 Å². The summed E-state index contributed by atoms with van der Waals surface area (Å²) in [7, 11) is 1.37. The van der Waals surface area contributed by atoms with E-state index in [1.165, 1.54) is 49.7 Å². The summed E-state index contributed by atoms with van der Waals surface area (Å²) in [5, 5.41) is 11.6. The van der Waals surface area contributed by atoms with Crippen LogP contribution in [0.4, 0.5) is 23.2 Å². The number of nitrogens with zero attached hydrogens (tertiary/aromatic N) is 3. The van der Waals surface area contributed by atoms with Gasteiger partial charge in [0, 0.05) is 23.5 Å². The van der Waals surface area contributed by atoms with Gasteiger partial charge in [-0.1, -0.05) is 24.3 Å². The molecule has 184 valence electrons. The molecular weight excluding hydrogens is 480 g/mol. The van der Waals surface area contributed by atoms with Gasteiger partial charge in [-0.15, -0.1) is 0 Å². The van der Waals surface area contributed by atoms with Crippen LogP contribution in [0.3, 0.4) is 0 Å². The molecule has 0 bridgehead atoms. The molecule has 2 aromatic carbocycles. The zero-order valence-corrected chi connectivity index (χ0v) is 18.7. The Bertz CT molecular complexity index is 1350. The highest BCUT2D eigenvalue weighted by molar-refractivity contribution is 6.04. The van der Waals surface area contributed by atoms with Crippen LogP contribution in [0.15, 0.2) is 60.8 Å². The molecule has 0 spiro atoms. The number of methoxy groups -OCH3 is 1. The number of pyridine rings is 1. The Morgan fingerprint density at radius 1 is 1.19 bits per heavy atom. The van der Waals surface area contributed by atoms with E-state index in [1.54, 1.807) is 12.1 Å². The Hall–Kier alpha value is -4.46. The highest BCUT2D eigenvalue weighted by Gasteiger charge is 2.47. The second kappa shape index (κ2) is 9.65. The fraction of sp³-hybridized carbons (Fsp3) is 0.200. The Labute approximate surface area is 202 Å². The van der Waals surface area contributed by atoms with Gasteiger partial charge in [-0.3, -0.25) is 9.59 Å². The van der Waals surface area contributed by atoms with E-state index in [0.29, 0.717) is 4.90 Å². The van der Waals surface area contributed by atoms with Gasteiger partial charge in [-0.05, 0) is 35.4 Å². The third-order valence-corrected chi connectivity index (χ3v) is 5.73. The molecule has 2 unspecified atom stereocenters. The predicted molar refractivity (Wildman–Crippen MR) is 120 cm³/mol. The Morgan fingerprint density at radius 2 is 1.94 bits per heavy atom. The van der Waals surface area contributed by atoms with E-state index in [-0.39, 0.29) is 33.8 Å². The molecule has 1 aliphatic heterocycles. The molecule has 11 heteroatoms. The molecule has 0 saturated carbocycles. The summed E-state index contributed by atoms with van der Waals surface area (Å²) in [6.45, 7) is -1.60. The molecular formula is C25H18F4N4O3. The van der Waals surface area contributed by atoms with Crippen molar-refractivity contribution in [2.45, 2.75) is 18.1 Å². The lowest BCUT2D eigenvalue weighted by Crippen LogP contribution is -2.49. The number of hydrogen-bond donors (Lipinski definition) is 1. The minimum Gasteiger partial charge on any atom is -0.481 e. The molecule has 36 heavy (non-hydrogen) atoms. The van der Waals surface area contributed by atoms with Crippen LogP contribution in [-0.4, -0.2) is 41.5 Å². The third kappa shape index (κ3) is 4.84. The van der Waals surface area contributed by atoms with E-state index in [1.807, 2.05) is 0 Å². The maximum Gasteiger partial charge on any atom is 0.406 e. The number of alkyl halides is 3. The number of carbonyl (C=O) groups is 2. The van der Waals surface area contributed by atoms with Gasteiger partial charge in [0.1, 0.15) is 18.4 Å². The summed E-state index contributed by atoms with van der Waals surface area (Å²) in [4.78, 5) is 31.4. The van der Waals surface area contributed by atoms with Crippen molar-refractivity contribution < 1.29 is 31.9 Å². The molecule has 7 nitrogen and oxygen atoms in total. The molecule has 1 N–H and O–H groups in total. The van der Waals surface area contributed by atoms with Gasteiger partial charge < -0.3 is 15.0 Å². The first-order valence-electron chi connectivity index (χ1n) is 10.6. The maximum atomic E-state index is 13.8. The van der Waals surface area contributed by atoms with Crippen LogP contribution in [0.25, 0.3) is 0 Å². The van der Waals surface area contributed by atoms with Crippen LogP contribution in [0.1, 0.15) is 39.0 Å². The molecule has 1 aliphatic rings. The maximum absolute atomic E-state index is 13.8. The number of benzene rings is 2. The number of carbonyl (C=O) groups excluding carboxylic acids is 2. The smallest absolute Gasteiger partial charge is 0.406 e. The number of amides is 2. The van der Waals surface area contributed by atoms with E-state index in [9.17, 15) is 27.2 Å². The molecule has 0 radical (unpaired) electrons. The van der Waals surface area contributed by atoms with Gasteiger partial charge in [0.15, 0.2) is 0 Å². The van der Waals surface area contributed by atoms with Crippen molar-refractivity contribution >= 4 is 17.5 Å². The molecule has 0 saturated heterocycles. The first-order chi connectivity index (χ1) is 17.1. The van der Waals surface area contributed by atoms with Crippen molar-refractivity contribution in [1.29, 1.82) is 5.26 Å². The number of ether oxygens (including phenoxy) is 1. The minimum atomic E-state index is -4.75. The standard InChI is InChI=1S/C25H18F4N4O3/c1-36-20-9-6-14(12-31-20)22-21(23(34)32-16-7-8-19(26)15(10-16)11-30)17-4-2-3-5-18(17)24(35)33(22)13-25(27,28)29/h2-10,12,21-22H,13H2,1H3,(H,32,34). The largest absolute Gasteiger partial charge is 0.481 e. The summed E-state index contributed by atoms with van der Waals surface area (Å²) >= 11 is 0. The molecule has 2 atom stereocenters. The lowest BCUT2D eigenvalue weighted by molar-refractivity contribution is -0.148. The van der Waals surface area contributed by atoms with Crippen molar-refractivity contribution in [3.05, 3.63) is 88.9 Å². The van der Waals surface area contributed by atoms with Crippen LogP contribution in [0.2, 0.25) is 0 Å². The number of aromatic nitrogens is 1. The number of anilines is 1. The average molecular weight is 498 g/mol. The fourth-order valence-electron chi connectivity index (χ4n) is 4.21. The topological polar surface area (TPSA) is 95.3 Å². The summed E-state index contributed by atoms with van der Waals surface area (Å²) in [5.74, 6) is -3.52. The third-order valence-electron chi connectivity index (χ3n) is 5.73. The van der Waals surface area contributed by atoms with Gasteiger partial charge >= 0.3 is 6.18 Å². The lowest BCUT2D eigenvalue weighted by Gasteiger charge is -2.41. The Kier molecular flexibility index (Phi) is 6.61. The monoisotopic (exact) mass is 498 g/mol. The normalized spacial score (nSPS) is 17.2. The molecule has 2 heterocycles. The van der Waals surface area contributed by atoms with E-state index in [0.717, 1.165) is 12.1 Å². The van der Waals surface area contributed by atoms with Crippen molar-refractivity contribution in [3.8, 4) is 11.9 Å². The quantitative estimate of drug-likeness (QED) is 0.520. The van der Waals surface area contributed by atoms with Crippen LogP contribution in [-0.2, 0) is 4.79 Å². The molecule has 0 aliphatic carbocycles. The van der Waals surface area contributed by atoms with E-state index >= 15 is 0 Å². The zero-order valence-electron chi connectivity index (χ0n) is 18.7. The van der Waals surface area contributed by atoms with Crippen LogP contribution >= 0.6 is 0 Å². The van der Waals surface area contributed by atoms with E-state index < -0.39 is 42.3 Å². The van der Waals surface area contributed by atoms with Crippen molar-refractivity contribution in [1.82, 2.24) is 9.88 Å². The minimum absolute atomic E-state index is 0.0450. The van der Waals surface area contributed by atoms with Crippen molar-refractivity contribution in [2.75, 3.05) is 19.0 Å². The summed E-state index contributed by atoms with van der Waals surface area (Å²) < 4.78 is 59.6. The highest BCUT2D eigenvalue weighted by Crippen LogP contribution is 2.44. The van der Waals surface area contributed by atoms with Gasteiger partial charge in [-0.25, -0.2) is 9.37 Å². The van der Waals surface area contributed by atoms with Crippen molar-refractivity contribution in [2.24, 2.45) is 0 Å².